The number of thiazole rings is 1. The molecule has 2 atom stereocenters. The van der Waals surface area contributed by atoms with E-state index < -0.39 is 0 Å². The molecule has 0 radical (unpaired) electrons. The van der Waals surface area contributed by atoms with Gasteiger partial charge in [0.25, 0.3) is 0 Å². The van der Waals surface area contributed by atoms with E-state index in [1.165, 1.54) is 4.88 Å². The molecule has 0 bridgehead atoms. The first kappa shape index (κ1) is 10.1. The van der Waals surface area contributed by atoms with Crippen molar-refractivity contribution < 1.29 is 4.74 Å². The molecule has 1 saturated heterocycles. The number of aryl methyl sites for hydroxylation is 1. The highest BCUT2D eigenvalue weighted by Crippen LogP contribution is 2.16. The molecule has 0 spiro atoms. The lowest BCUT2D eigenvalue weighted by molar-refractivity contribution is 0.113. The van der Waals surface area contributed by atoms with E-state index in [0.717, 1.165) is 25.3 Å². The Morgan fingerprint density at radius 3 is 3.14 bits per heavy atom. The van der Waals surface area contributed by atoms with Gasteiger partial charge in [0.05, 0.1) is 17.3 Å². The Balaban J connectivity index is 1.85. The van der Waals surface area contributed by atoms with Crippen LogP contribution in [0.2, 0.25) is 0 Å². The second-order valence-electron chi connectivity index (χ2n) is 3.71. The van der Waals surface area contributed by atoms with Crippen molar-refractivity contribution >= 4 is 11.3 Å². The molecule has 1 aromatic rings. The quantitative estimate of drug-likeness (QED) is 0.828. The van der Waals surface area contributed by atoms with E-state index in [1.807, 2.05) is 5.51 Å². The van der Waals surface area contributed by atoms with Crippen molar-refractivity contribution in [2.75, 3.05) is 6.61 Å². The Morgan fingerprint density at radius 2 is 2.57 bits per heavy atom. The SMILES string of the molecule is Cc1ncsc1CNC1CCOC1C. The topological polar surface area (TPSA) is 34.2 Å². The van der Waals surface area contributed by atoms with Gasteiger partial charge in [0.1, 0.15) is 0 Å². The molecule has 1 aromatic heterocycles. The molecule has 14 heavy (non-hydrogen) atoms. The van der Waals surface area contributed by atoms with Crippen molar-refractivity contribution in [1.29, 1.82) is 0 Å². The maximum absolute atomic E-state index is 5.49. The Kier molecular flexibility index (Phi) is 3.15. The highest BCUT2D eigenvalue weighted by molar-refractivity contribution is 7.09. The Bertz CT molecular complexity index is 300. The predicted octanol–water partition coefficient (Wildman–Crippen LogP) is 1.72. The summed E-state index contributed by atoms with van der Waals surface area (Å²) in [5.41, 5.74) is 3.05. The first-order chi connectivity index (χ1) is 6.77. The Hall–Kier alpha value is -0.450. The second kappa shape index (κ2) is 4.38. The lowest BCUT2D eigenvalue weighted by Gasteiger charge is -2.15. The molecule has 1 N–H and O–H groups in total. The number of nitrogens with one attached hydrogen (secondary N) is 1. The van der Waals surface area contributed by atoms with Crippen LogP contribution in [-0.2, 0) is 11.3 Å². The first-order valence-electron chi connectivity index (χ1n) is 5.01. The molecule has 1 fully saturated rings. The standard InChI is InChI=1S/C10H16N2OS/c1-7-10(14-6-12-7)5-11-9-3-4-13-8(9)2/h6,8-9,11H,3-5H2,1-2H3. The number of aromatic nitrogens is 1. The zero-order valence-corrected chi connectivity index (χ0v) is 9.43. The van der Waals surface area contributed by atoms with Crippen LogP contribution < -0.4 is 5.32 Å². The van der Waals surface area contributed by atoms with Crippen LogP contribution in [0.5, 0.6) is 0 Å². The highest BCUT2D eigenvalue weighted by atomic mass is 32.1. The molecular formula is C10H16N2OS. The smallest absolute Gasteiger partial charge is 0.0798 e. The van der Waals surface area contributed by atoms with Gasteiger partial charge in [0.15, 0.2) is 0 Å². The van der Waals surface area contributed by atoms with Gasteiger partial charge in [0, 0.05) is 24.1 Å². The van der Waals surface area contributed by atoms with E-state index in [9.17, 15) is 0 Å². The molecule has 2 heterocycles. The van der Waals surface area contributed by atoms with E-state index >= 15 is 0 Å². The summed E-state index contributed by atoms with van der Waals surface area (Å²) in [6, 6.07) is 0.511. The molecule has 4 heteroatoms. The number of rotatable bonds is 3. The van der Waals surface area contributed by atoms with Gasteiger partial charge in [-0.3, -0.25) is 0 Å². The van der Waals surface area contributed by atoms with Crippen LogP contribution in [-0.4, -0.2) is 23.7 Å². The largest absolute Gasteiger partial charge is 0.377 e. The first-order valence-corrected chi connectivity index (χ1v) is 5.89. The monoisotopic (exact) mass is 212 g/mol. The third-order valence-corrected chi connectivity index (χ3v) is 3.68. The van der Waals surface area contributed by atoms with E-state index in [4.69, 9.17) is 4.74 Å². The summed E-state index contributed by atoms with van der Waals surface area (Å²) in [5.74, 6) is 0. The minimum atomic E-state index is 0.350. The zero-order valence-electron chi connectivity index (χ0n) is 8.62. The molecule has 0 amide bonds. The van der Waals surface area contributed by atoms with Crippen LogP contribution >= 0.6 is 11.3 Å². The van der Waals surface area contributed by atoms with Crippen LogP contribution in [0.15, 0.2) is 5.51 Å². The minimum Gasteiger partial charge on any atom is -0.377 e. The summed E-state index contributed by atoms with van der Waals surface area (Å²) >= 11 is 1.72. The van der Waals surface area contributed by atoms with Crippen molar-refractivity contribution in [2.24, 2.45) is 0 Å². The highest BCUT2D eigenvalue weighted by Gasteiger charge is 2.23. The van der Waals surface area contributed by atoms with Crippen LogP contribution in [0.1, 0.15) is 23.9 Å². The molecule has 2 rings (SSSR count). The number of nitrogens with zero attached hydrogens (tertiary/aromatic N) is 1. The fraction of sp³-hybridized carbons (Fsp3) is 0.700. The number of ether oxygens (including phenoxy) is 1. The van der Waals surface area contributed by atoms with Crippen molar-refractivity contribution in [3.8, 4) is 0 Å². The molecular weight excluding hydrogens is 196 g/mol. The lowest BCUT2D eigenvalue weighted by atomic mass is 10.1. The van der Waals surface area contributed by atoms with Gasteiger partial charge in [-0.2, -0.15) is 0 Å². The molecule has 0 aliphatic carbocycles. The van der Waals surface area contributed by atoms with Crippen LogP contribution in [0, 0.1) is 6.92 Å². The zero-order chi connectivity index (χ0) is 9.97. The predicted molar refractivity (Wildman–Crippen MR) is 57.5 cm³/mol. The van der Waals surface area contributed by atoms with Gasteiger partial charge in [-0.15, -0.1) is 11.3 Å². The maximum atomic E-state index is 5.49. The average molecular weight is 212 g/mol. The maximum Gasteiger partial charge on any atom is 0.0798 e. The van der Waals surface area contributed by atoms with Gasteiger partial charge >= 0.3 is 0 Å². The molecule has 78 valence electrons. The normalized spacial score (nSPS) is 27.0. The van der Waals surface area contributed by atoms with Gasteiger partial charge in [-0.1, -0.05) is 0 Å². The van der Waals surface area contributed by atoms with Crippen molar-refractivity contribution in [2.45, 2.75) is 39.0 Å². The Morgan fingerprint density at radius 1 is 1.71 bits per heavy atom. The summed E-state index contributed by atoms with van der Waals surface area (Å²) < 4.78 is 5.49. The number of hydrogen-bond acceptors (Lipinski definition) is 4. The second-order valence-corrected chi connectivity index (χ2v) is 4.65. The van der Waals surface area contributed by atoms with Gasteiger partial charge in [0.2, 0.25) is 0 Å². The average Bonchev–Trinajstić information content (AvgIpc) is 2.72. The van der Waals surface area contributed by atoms with E-state index in [1.54, 1.807) is 11.3 Å². The van der Waals surface area contributed by atoms with E-state index in [0.29, 0.717) is 12.1 Å². The Labute approximate surface area is 88.5 Å². The fourth-order valence-corrected chi connectivity index (χ4v) is 2.45. The number of hydrogen-bond donors (Lipinski definition) is 1. The summed E-state index contributed by atoms with van der Waals surface area (Å²) in [5, 5.41) is 3.52. The van der Waals surface area contributed by atoms with Gasteiger partial charge < -0.3 is 10.1 Å². The minimum absolute atomic E-state index is 0.350. The van der Waals surface area contributed by atoms with E-state index in [2.05, 4.69) is 24.1 Å². The molecule has 3 nitrogen and oxygen atoms in total. The third kappa shape index (κ3) is 2.13. The summed E-state index contributed by atoms with van der Waals surface area (Å²) in [4.78, 5) is 5.57. The molecule has 2 unspecified atom stereocenters. The van der Waals surface area contributed by atoms with Crippen molar-refractivity contribution in [3.63, 3.8) is 0 Å². The molecule has 1 aliphatic heterocycles. The van der Waals surface area contributed by atoms with Gasteiger partial charge in [-0.25, -0.2) is 4.98 Å². The van der Waals surface area contributed by atoms with Gasteiger partial charge in [-0.05, 0) is 20.3 Å². The fourth-order valence-electron chi connectivity index (χ4n) is 1.72. The third-order valence-electron chi connectivity index (χ3n) is 2.75. The van der Waals surface area contributed by atoms with Crippen molar-refractivity contribution in [1.82, 2.24) is 10.3 Å². The molecule has 0 aromatic carbocycles. The molecule has 0 saturated carbocycles. The van der Waals surface area contributed by atoms with Crippen molar-refractivity contribution in [3.05, 3.63) is 16.1 Å². The van der Waals surface area contributed by atoms with Crippen LogP contribution in [0.4, 0.5) is 0 Å². The lowest BCUT2D eigenvalue weighted by Crippen LogP contribution is -2.34. The molecule has 1 aliphatic rings. The van der Waals surface area contributed by atoms with Crippen LogP contribution in [0.25, 0.3) is 0 Å². The van der Waals surface area contributed by atoms with Crippen LogP contribution in [0.3, 0.4) is 0 Å². The summed E-state index contributed by atoms with van der Waals surface area (Å²) in [6.07, 6.45) is 1.47. The van der Waals surface area contributed by atoms with E-state index in [-0.39, 0.29) is 0 Å². The summed E-state index contributed by atoms with van der Waals surface area (Å²) in [6.45, 7) is 6.00. The summed E-state index contributed by atoms with van der Waals surface area (Å²) in [7, 11) is 0.